The summed E-state index contributed by atoms with van der Waals surface area (Å²) in [6.07, 6.45) is 1.72. The maximum atomic E-state index is 11.9. The van der Waals surface area contributed by atoms with Gasteiger partial charge in [-0.05, 0) is 12.8 Å². The third-order valence-corrected chi connectivity index (χ3v) is 4.84. The molecule has 1 aliphatic rings. The van der Waals surface area contributed by atoms with E-state index >= 15 is 0 Å². The first-order valence-corrected chi connectivity index (χ1v) is 9.12. The first-order chi connectivity index (χ1) is 13.5. The lowest BCUT2D eigenvalue weighted by atomic mass is 10.2. The number of hydrogen-bond donors (Lipinski definition) is 3. The van der Waals surface area contributed by atoms with Gasteiger partial charge in [-0.1, -0.05) is 30.3 Å². The lowest BCUT2D eigenvalue weighted by Crippen LogP contribution is -2.41. The molecule has 4 N–H and O–H groups in total. The highest BCUT2D eigenvalue weighted by atomic mass is 16.4. The van der Waals surface area contributed by atoms with Crippen molar-refractivity contribution in [1.29, 1.82) is 0 Å². The molecule has 2 aromatic heterocycles. The van der Waals surface area contributed by atoms with Gasteiger partial charge in [0, 0.05) is 18.5 Å². The molecule has 3 aromatic rings. The number of carboxylic acid groups (broad SMARTS) is 1. The van der Waals surface area contributed by atoms with E-state index < -0.39 is 17.9 Å². The Morgan fingerprint density at radius 2 is 2.00 bits per heavy atom. The standard InChI is InChI=1S/C19H20N6O3/c20-16(28)12-7-4-10-25(12)19-15-18(22-13(21-15)8-9-14(26)27)23-17(24-19)11-5-2-1-3-6-11/h1-3,5-6,12H,4,7-10H2,(H2,20,28)(H,26,27)(H,21,22,23,24)/t12-/m1/s1. The van der Waals surface area contributed by atoms with Gasteiger partial charge in [-0.3, -0.25) is 9.59 Å². The number of nitrogens with one attached hydrogen (secondary N) is 1. The number of carbonyl (C=O) groups excluding carboxylic acids is 1. The predicted molar refractivity (Wildman–Crippen MR) is 103 cm³/mol. The van der Waals surface area contributed by atoms with Gasteiger partial charge in [0.2, 0.25) is 5.91 Å². The van der Waals surface area contributed by atoms with Gasteiger partial charge in [-0.15, -0.1) is 0 Å². The zero-order chi connectivity index (χ0) is 19.7. The van der Waals surface area contributed by atoms with E-state index in [-0.39, 0.29) is 12.8 Å². The molecule has 0 radical (unpaired) electrons. The Hall–Kier alpha value is -3.49. The number of aromatic amines is 1. The van der Waals surface area contributed by atoms with Crippen molar-refractivity contribution in [3.8, 4) is 11.4 Å². The van der Waals surface area contributed by atoms with E-state index in [1.165, 1.54) is 0 Å². The quantitative estimate of drug-likeness (QED) is 0.589. The van der Waals surface area contributed by atoms with Gasteiger partial charge in [0.05, 0.1) is 6.42 Å². The number of aromatic nitrogens is 4. The van der Waals surface area contributed by atoms with Crippen molar-refractivity contribution >= 4 is 28.9 Å². The number of imidazole rings is 1. The van der Waals surface area contributed by atoms with Crippen LogP contribution in [0.15, 0.2) is 30.3 Å². The number of aryl methyl sites for hydroxylation is 1. The van der Waals surface area contributed by atoms with Crippen LogP contribution in [0, 0.1) is 0 Å². The average molecular weight is 380 g/mol. The molecule has 9 nitrogen and oxygen atoms in total. The van der Waals surface area contributed by atoms with Gasteiger partial charge >= 0.3 is 5.97 Å². The second kappa shape index (κ2) is 7.26. The number of carbonyl (C=O) groups is 2. The molecule has 0 aliphatic carbocycles. The first-order valence-electron chi connectivity index (χ1n) is 9.12. The summed E-state index contributed by atoms with van der Waals surface area (Å²) >= 11 is 0. The number of anilines is 1. The van der Waals surface area contributed by atoms with Crippen LogP contribution in [0.4, 0.5) is 5.82 Å². The van der Waals surface area contributed by atoms with Gasteiger partial charge in [-0.2, -0.15) is 0 Å². The minimum atomic E-state index is -0.898. The van der Waals surface area contributed by atoms with E-state index in [0.29, 0.717) is 41.6 Å². The summed E-state index contributed by atoms with van der Waals surface area (Å²) in [5.41, 5.74) is 7.45. The van der Waals surface area contributed by atoms with Crippen LogP contribution in [0.3, 0.4) is 0 Å². The van der Waals surface area contributed by atoms with E-state index in [9.17, 15) is 9.59 Å². The Kier molecular flexibility index (Phi) is 4.64. The number of rotatable bonds is 6. The molecule has 9 heteroatoms. The van der Waals surface area contributed by atoms with Crippen molar-refractivity contribution in [1.82, 2.24) is 19.9 Å². The van der Waals surface area contributed by atoms with Gasteiger partial charge < -0.3 is 20.7 Å². The Balaban J connectivity index is 1.84. The van der Waals surface area contributed by atoms with Crippen LogP contribution >= 0.6 is 0 Å². The second-order valence-corrected chi connectivity index (χ2v) is 6.77. The molecule has 0 spiro atoms. The fourth-order valence-electron chi connectivity index (χ4n) is 3.51. The molecule has 1 amide bonds. The minimum Gasteiger partial charge on any atom is -0.481 e. The summed E-state index contributed by atoms with van der Waals surface area (Å²) in [5, 5.41) is 8.94. The van der Waals surface area contributed by atoms with Crippen molar-refractivity contribution < 1.29 is 14.7 Å². The van der Waals surface area contributed by atoms with Crippen LogP contribution in [-0.2, 0) is 16.0 Å². The van der Waals surface area contributed by atoms with E-state index in [2.05, 4.69) is 15.0 Å². The number of carboxylic acids is 1. The molecule has 1 aliphatic heterocycles. The van der Waals surface area contributed by atoms with Gasteiger partial charge in [-0.25, -0.2) is 15.0 Å². The number of nitrogens with zero attached hydrogens (tertiary/aromatic N) is 4. The number of H-pyrrole nitrogens is 1. The molecule has 144 valence electrons. The maximum Gasteiger partial charge on any atom is 0.303 e. The summed E-state index contributed by atoms with van der Waals surface area (Å²) in [5.74, 6) is 0.294. The second-order valence-electron chi connectivity index (χ2n) is 6.77. The van der Waals surface area contributed by atoms with Crippen LogP contribution in [0.5, 0.6) is 0 Å². The summed E-state index contributed by atoms with van der Waals surface area (Å²) in [6.45, 7) is 0.650. The smallest absolute Gasteiger partial charge is 0.303 e. The Bertz CT molecular complexity index is 1030. The van der Waals surface area contributed by atoms with E-state index in [4.69, 9.17) is 15.8 Å². The average Bonchev–Trinajstić information content (AvgIpc) is 3.33. The zero-order valence-corrected chi connectivity index (χ0v) is 15.1. The first kappa shape index (κ1) is 17.9. The summed E-state index contributed by atoms with van der Waals surface area (Å²) in [4.78, 5) is 41.6. The van der Waals surface area contributed by atoms with Crippen LogP contribution < -0.4 is 10.6 Å². The number of amides is 1. The maximum absolute atomic E-state index is 11.9. The number of aliphatic carboxylic acids is 1. The normalized spacial score (nSPS) is 16.6. The molecule has 0 unspecified atom stereocenters. The molecule has 1 fully saturated rings. The third-order valence-electron chi connectivity index (χ3n) is 4.84. The monoisotopic (exact) mass is 380 g/mol. The van der Waals surface area contributed by atoms with Crippen molar-refractivity contribution in [3.63, 3.8) is 0 Å². The highest BCUT2D eigenvalue weighted by Gasteiger charge is 2.32. The molecule has 0 saturated carbocycles. The number of hydrogen-bond acceptors (Lipinski definition) is 6. The van der Waals surface area contributed by atoms with Crippen LogP contribution in [-0.4, -0.2) is 49.5 Å². The topological polar surface area (TPSA) is 138 Å². The van der Waals surface area contributed by atoms with Gasteiger partial charge in [0.1, 0.15) is 17.4 Å². The van der Waals surface area contributed by atoms with Crippen molar-refractivity contribution in [3.05, 3.63) is 36.2 Å². The summed E-state index contributed by atoms with van der Waals surface area (Å²) < 4.78 is 0. The number of nitrogens with two attached hydrogens (primary N) is 1. The SMILES string of the molecule is NC(=O)[C@H]1CCCN1c1nc(-c2ccccc2)nc2nc(CCC(=O)O)[nH]c12. The molecular formula is C19H20N6O3. The fourth-order valence-corrected chi connectivity index (χ4v) is 3.51. The molecule has 0 bridgehead atoms. The number of primary amides is 1. The Morgan fingerprint density at radius 3 is 2.71 bits per heavy atom. The van der Waals surface area contributed by atoms with Gasteiger partial charge in [0.15, 0.2) is 17.3 Å². The van der Waals surface area contributed by atoms with Crippen molar-refractivity contribution in [2.24, 2.45) is 5.73 Å². The van der Waals surface area contributed by atoms with Crippen LogP contribution in [0.25, 0.3) is 22.6 Å². The van der Waals surface area contributed by atoms with Crippen LogP contribution in [0.1, 0.15) is 25.1 Å². The molecular weight excluding hydrogens is 360 g/mol. The molecule has 1 aromatic carbocycles. The summed E-state index contributed by atoms with van der Waals surface area (Å²) in [6, 6.07) is 9.07. The van der Waals surface area contributed by atoms with E-state index in [1.807, 2.05) is 35.2 Å². The number of fused-ring (bicyclic) bond motifs is 1. The van der Waals surface area contributed by atoms with E-state index in [1.54, 1.807) is 0 Å². The summed E-state index contributed by atoms with van der Waals surface area (Å²) in [7, 11) is 0. The highest BCUT2D eigenvalue weighted by Crippen LogP contribution is 2.31. The van der Waals surface area contributed by atoms with Crippen molar-refractivity contribution in [2.45, 2.75) is 31.7 Å². The van der Waals surface area contributed by atoms with Crippen LogP contribution in [0.2, 0.25) is 0 Å². The molecule has 3 heterocycles. The minimum absolute atomic E-state index is 0.0399. The Morgan fingerprint density at radius 1 is 1.21 bits per heavy atom. The predicted octanol–water partition coefficient (Wildman–Crippen LogP) is 1.49. The highest BCUT2D eigenvalue weighted by molar-refractivity contribution is 5.90. The molecule has 1 atom stereocenters. The third kappa shape index (κ3) is 3.38. The van der Waals surface area contributed by atoms with Gasteiger partial charge in [0.25, 0.3) is 0 Å². The molecule has 4 rings (SSSR count). The molecule has 28 heavy (non-hydrogen) atoms. The van der Waals surface area contributed by atoms with E-state index in [0.717, 1.165) is 12.0 Å². The Labute approximate surface area is 160 Å². The zero-order valence-electron chi connectivity index (χ0n) is 15.1. The van der Waals surface area contributed by atoms with Crippen molar-refractivity contribution in [2.75, 3.05) is 11.4 Å². The lowest BCUT2D eigenvalue weighted by Gasteiger charge is -2.23. The largest absolute Gasteiger partial charge is 0.481 e. The fraction of sp³-hybridized carbons (Fsp3) is 0.316. The molecule has 1 saturated heterocycles. The number of benzene rings is 1. The lowest BCUT2D eigenvalue weighted by molar-refractivity contribution is -0.137.